The van der Waals surface area contributed by atoms with E-state index in [0.29, 0.717) is 0 Å². The van der Waals surface area contributed by atoms with E-state index in [1.807, 2.05) is 0 Å². The lowest BCUT2D eigenvalue weighted by atomic mass is 9.91. The number of carbonyl (C=O) groups is 2. The Kier molecular flexibility index (Phi) is 6.89. The van der Waals surface area contributed by atoms with Crippen LogP contribution in [0.4, 0.5) is 22.0 Å². The third kappa shape index (κ3) is 4.69. The summed E-state index contributed by atoms with van der Waals surface area (Å²) in [7, 11) is 0. The number of rotatable bonds is 6. The van der Waals surface area contributed by atoms with E-state index in [0.717, 1.165) is 0 Å². The van der Waals surface area contributed by atoms with E-state index in [4.69, 9.17) is 9.47 Å². The Morgan fingerprint density at radius 3 is 1.93 bits per heavy atom. The standard InChI is InChI=1S/C19H16F5NO4/c1-3-28-17(26)12-11(10-8-6-5-7-9-10)13(18(27)29-4-2)15(19(22,23)24)25-14(12)16(20)21/h5-9,16H,3-4H2,1-2H3. The number of benzene rings is 1. The van der Waals surface area contributed by atoms with Gasteiger partial charge in [0.2, 0.25) is 0 Å². The maximum atomic E-state index is 13.6. The Morgan fingerprint density at radius 1 is 0.966 bits per heavy atom. The van der Waals surface area contributed by atoms with Crippen molar-refractivity contribution in [1.29, 1.82) is 0 Å². The molecule has 0 atom stereocenters. The molecular formula is C19H16F5NO4. The third-order valence-electron chi connectivity index (χ3n) is 3.72. The molecule has 2 rings (SSSR count). The number of hydrogen-bond donors (Lipinski definition) is 0. The van der Waals surface area contributed by atoms with Crippen molar-refractivity contribution in [3.05, 3.63) is 52.8 Å². The number of alkyl halides is 5. The van der Waals surface area contributed by atoms with Crippen molar-refractivity contribution in [2.75, 3.05) is 13.2 Å². The molecule has 1 aromatic carbocycles. The van der Waals surface area contributed by atoms with Crippen LogP contribution >= 0.6 is 0 Å². The summed E-state index contributed by atoms with van der Waals surface area (Å²) in [6.45, 7) is 2.24. The molecule has 0 aliphatic heterocycles. The predicted molar refractivity (Wildman–Crippen MR) is 91.5 cm³/mol. The van der Waals surface area contributed by atoms with Crippen molar-refractivity contribution < 1.29 is 41.0 Å². The van der Waals surface area contributed by atoms with E-state index >= 15 is 0 Å². The molecule has 29 heavy (non-hydrogen) atoms. The van der Waals surface area contributed by atoms with Gasteiger partial charge in [0.15, 0.2) is 5.69 Å². The summed E-state index contributed by atoms with van der Waals surface area (Å²) < 4.78 is 77.6. The van der Waals surface area contributed by atoms with Crippen molar-refractivity contribution in [3.63, 3.8) is 0 Å². The second-order valence-corrected chi connectivity index (χ2v) is 5.58. The first kappa shape index (κ1) is 22.3. The normalized spacial score (nSPS) is 11.4. The molecule has 0 aliphatic rings. The highest BCUT2D eigenvalue weighted by atomic mass is 19.4. The minimum absolute atomic E-state index is 0.0755. The molecule has 1 aromatic heterocycles. The van der Waals surface area contributed by atoms with Crippen LogP contribution in [-0.2, 0) is 15.7 Å². The fourth-order valence-corrected chi connectivity index (χ4v) is 2.67. The third-order valence-corrected chi connectivity index (χ3v) is 3.72. The number of pyridine rings is 1. The van der Waals surface area contributed by atoms with Gasteiger partial charge in [-0.25, -0.2) is 23.4 Å². The van der Waals surface area contributed by atoms with E-state index in [1.54, 1.807) is 0 Å². The summed E-state index contributed by atoms with van der Waals surface area (Å²) in [6, 6.07) is 6.90. The summed E-state index contributed by atoms with van der Waals surface area (Å²) in [5.41, 5.74) is -6.07. The summed E-state index contributed by atoms with van der Waals surface area (Å²) >= 11 is 0. The van der Waals surface area contributed by atoms with Crippen LogP contribution in [0.15, 0.2) is 30.3 Å². The molecule has 5 nitrogen and oxygen atoms in total. The highest BCUT2D eigenvalue weighted by molar-refractivity contribution is 6.07. The zero-order chi connectivity index (χ0) is 21.8. The van der Waals surface area contributed by atoms with Crippen LogP contribution in [0.25, 0.3) is 11.1 Å². The number of halogens is 5. The van der Waals surface area contributed by atoms with Crippen LogP contribution in [0.5, 0.6) is 0 Å². The number of esters is 2. The molecule has 2 aromatic rings. The second-order valence-electron chi connectivity index (χ2n) is 5.58. The van der Waals surface area contributed by atoms with Crippen LogP contribution in [-0.4, -0.2) is 30.1 Å². The Balaban J connectivity index is 3.08. The molecule has 0 unspecified atom stereocenters. The number of nitrogens with zero attached hydrogens (tertiary/aromatic N) is 1. The zero-order valence-electron chi connectivity index (χ0n) is 15.3. The van der Waals surface area contributed by atoms with Crippen molar-refractivity contribution in [2.24, 2.45) is 0 Å². The molecule has 0 saturated heterocycles. The molecule has 0 saturated carbocycles. The number of aromatic nitrogens is 1. The topological polar surface area (TPSA) is 65.5 Å². The van der Waals surface area contributed by atoms with Gasteiger partial charge >= 0.3 is 18.1 Å². The largest absolute Gasteiger partial charge is 0.462 e. The zero-order valence-corrected chi connectivity index (χ0v) is 15.3. The van der Waals surface area contributed by atoms with Gasteiger partial charge in [0.25, 0.3) is 6.43 Å². The lowest BCUT2D eigenvalue weighted by Crippen LogP contribution is -2.24. The van der Waals surface area contributed by atoms with Crippen molar-refractivity contribution in [1.82, 2.24) is 4.98 Å². The molecule has 0 N–H and O–H groups in total. The molecule has 0 amide bonds. The molecule has 10 heteroatoms. The maximum Gasteiger partial charge on any atom is 0.434 e. The van der Waals surface area contributed by atoms with E-state index in [1.165, 1.54) is 44.2 Å². The Bertz CT molecular complexity index is 898. The van der Waals surface area contributed by atoms with Gasteiger partial charge in [0.05, 0.1) is 24.3 Å². The first-order valence-electron chi connectivity index (χ1n) is 8.46. The van der Waals surface area contributed by atoms with Gasteiger partial charge in [-0.3, -0.25) is 0 Å². The Labute approximate surface area is 162 Å². The monoisotopic (exact) mass is 417 g/mol. The van der Waals surface area contributed by atoms with Crippen molar-refractivity contribution >= 4 is 11.9 Å². The van der Waals surface area contributed by atoms with Gasteiger partial charge in [0, 0.05) is 5.56 Å². The number of ether oxygens (including phenoxy) is 2. The summed E-state index contributed by atoms with van der Waals surface area (Å²) in [5.74, 6) is -2.77. The molecule has 156 valence electrons. The Hall–Kier alpha value is -3.04. The van der Waals surface area contributed by atoms with E-state index in [9.17, 15) is 31.5 Å². The fraction of sp³-hybridized carbons (Fsp3) is 0.316. The molecule has 1 heterocycles. The van der Waals surface area contributed by atoms with Crippen molar-refractivity contribution in [2.45, 2.75) is 26.4 Å². The smallest absolute Gasteiger partial charge is 0.434 e. The van der Waals surface area contributed by atoms with Gasteiger partial charge in [-0.05, 0) is 19.4 Å². The summed E-state index contributed by atoms with van der Waals surface area (Å²) in [6.07, 6.45) is -8.79. The highest BCUT2D eigenvalue weighted by Gasteiger charge is 2.43. The van der Waals surface area contributed by atoms with Crippen LogP contribution < -0.4 is 0 Å². The molecule has 0 spiro atoms. The molecule has 0 aliphatic carbocycles. The van der Waals surface area contributed by atoms with Crippen molar-refractivity contribution in [3.8, 4) is 11.1 Å². The first-order valence-corrected chi connectivity index (χ1v) is 8.46. The SMILES string of the molecule is CCOC(=O)c1c(C(F)F)nc(C(F)(F)F)c(C(=O)OCC)c1-c1ccccc1. The molecular weight excluding hydrogens is 401 g/mol. The minimum atomic E-state index is -5.26. The molecule has 0 fully saturated rings. The van der Waals surface area contributed by atoms with Gasteiger partial charge in [-0.1, -0.05) is 30.3 Å². The number of carbonyl (C=O) groups excluding carboxylic acids is 2. The number of hydrogen-bond acceptors (Lipinski definition) is 5. The quantitative estimate of drug-likeness (QED) is 0.486. The van der Waals surface area contributed by atoms with Crippen LogP contribution in [0.2, 0.25) is 0 Å². The van der Waals surface area contributed by atoms with Crippen LogP contribution in [0.3, 0.4) is 0 Å². The summed E-state index contributed by atoms with van der Waals surface area (Å²) in [4.78, 5) is 27.8. The minimum Gasteiger partial charge on any atom is -0.462 e. The average molecular weight is 417 g/mol. The molecule has 0 bridgehead atoms. The second kappa shape index (κ2) is 8.97. The van der Waals surface area contributed by atoms with E-state index < -0.39 is 52.6 Å². The van der Waals surface area contributed by atoms with Crippen LogP contribution in [0, 0.1) is 0 Å². The van der Waals surface area contributed by atoms with Gasteiger partial charge < -0.3 is 9.47 Å². The summed E-state index contributed by atoms with van der Waals surface area (Å²) in [5, 5.41) is 0. The fourth-order valence-electron chi connectivity index (χ4n) is 2.67. The average Bonchev–Trinajstić information content (AvgIpc) is 2.66. The lowest BCUT2D eigenvalue weighted by molar-refractivity contribution is -0.142. The molecule has 0 radical (unpaired) electrons. The van der Waals surface area contributed by atoms with Crippen LogP contribution in [0.1, 0.15) is 52.4 Å². The van der Waals surface area contributed by atoms with Gasteiger partial charge in [-0.2, -0.15) is 13.2 Å². The maximum absolute atomic E-state index is 13.6. The van der Waals surface area contributed by atoms with Gasteiger partial charge in [-0.15, -0.1) is 0 Å². The predicted octanol–water partition coefficient (Wildman–Crippen LogP) is 5.06. The first-order chi connectivity index (χ1) is 13.6. The van der Waals surface area contributed by atoms with E-state index in [-0.39, 0.29) is 18.8 Å². The highest BCUT2D eigenvalue weighted by Crippen LogP contribution is 2.41. The van der Waals surface area contributed by atoms with Gasteiger partial charge in [0.1, 0.15) is 5.69 Å². The lowest BCUT2D eigenvalue weighted by Gasteiger charge is -2.21. The Morgan fingerprint density at radius 2 is 1.48 bits per heavy atom. The van der Waals surface area contributed by atoms with E-state index in [2.05, 4.69) is 4.98 Å².